The summed E-state index contributed by atoms with van der Waals surface area (Å²) in [5.74, 6) is -0.300. The van der Waals surface area contributed by atoms with Gasteiger partial charge < -0.3 is 5.32 Å². The lowest BCUT2D eigenvalue weighted by Gasteiger charge is -2.32. The maximum absolute atomic E-state index is 12.8. The van der Waals surface area contributed by atoms with Gasteiger partial charge in [-0.3, -0.25) is 9.69 Å². The van der Waals surface area contributed by atoms with E-state index in [0.29, 0.717) is 32.5 Å². The molecule has 1 amide bonds. The van der Waals surface area contributed by atoms with Crippen LogP contribution in [0, 0.1) is 11.7 Å². The number of halogens is 4. The molecule has 0 aliphatic carbocycles. The topological polar surface area (TPSA) is 32.3 Å². The zero-order chi connectivity index (χ0) is 16.9. The van der Waals surface area contributed by atoms with Crippen LogP contribution >= 0.6 is 0 Å². The Bertz CT molecular complexity index is 508. The molecule has 0 unspecified atom stereocenters. The minimum atomic E-state index is -4.16. The van der Waals surface area contributed by atoms with E-state index in [2.05, 4.69) is 5.32 Å². The number of nitrogens with zero attached hydrogens (tertiary/aromatic N) is 1. The van der Waals surface area contributed by atoms with Crippen LogP contribution in [0.4, 0.5) is 17.6 Å². The van der Waals surface area contributed by atoms with E-state index in [1.54, 1.807) is 12.1 Å². The highest BCUT2D eigenvalue weighted by Gasteiger charge is 2.32. The van der Waals surface area contributed by atoms with E-state index in [1.807, 2.05) is 0 Å². The molecule has 2 rings (SSSR count). The number of amides is 1. The number of carbonyl (C=O) groups excluding carboxylic acids is 1. The second-order valence-corrected chi connectivity index (χ2v) is 5.94. The van der Waals surface area contributed by atoms with Crippen molar-refractivity contribution in [3.05, 3.63) is 35.6 Å². The molecule has 1 saturated heterocycles. The maximum atomic E-state index is 12.8. The highest BCUT2D eigenvalue weighted by atomic mass is 19.4. The summed E-state index contributed by atoms with van der Waals surface area (Å²) in [6.07, 6.45) is -2.69. The van der Waals surface area contributed by atoms with Crippen LogP contribution in [-0.2, 0) is 11.2 Å². The van der Waals surface area contributed by atoms with Gasteiger partial charge in [-0.05, 0) is 49.5 Å². The third-order valence-electron chi connectivity index (χ3n) is 3.98. The van der Waals surface area contributed by atoms with E-state index in [1.165, 1.54) is 17.0 Å². The number of likely N-dealkylation sites (tertiary alicyclic amines) is 1. The molecule has 128 valence electrons. The summed E-state index contributed by atoms with van der Waals surface area (Å²) in [5.41, 5.74) is 0.726. The molecule has 0 aromatic heterocycles. The first-order valence-electron chi connectivity index (χ1n) is 7.62. The summed E-state index contributed by atoms with van der Waals surface area (Å²) in [4.78, 5) is 13.2. The van der Waals surface area contributed by atoms with Crippen LogP contribution in [0.2, 0.25) is 0 Å². The fourth-order valence-electron chi connectivity index (χ4n) is 2.71. The van der Waals surface area contributed by atoms with Crippen molar-refractivity contribution in [1.29, 1.82) is 0 Å². The molecule has 1 fully saturated rings. The molecule has 1 aromatic rings. The Balaban J connectivity index is 1.67. The van der Waals surface area contributed by atoms with E-state index in [4.69, 9.17) is 0 Å². The van der Waals surface area contributed by atoms with Crippen molar-refractivity contribution in [3.63, 3.8) is 0 Å². The molecule has 0 bridgehead atoms. The van der Waals surface area contributed by atoms with Crippen molar-refractivity contribution < 1.29 is 22.4 Å². The molecule has 0 saturated carbocycles. The van der Waals surface area contributed by atoms with Crippen LogP contribution in [0.25, 0.3) is 0 Å². The SMILES string of the molecule is O=C(Cc1ccc(F)cc1)NCC1CCN(CC(F)(F)F)CC1. The largest absolute Gasteiger partial charge is 0.401 e. The summed E-state index contributed by atoms with van der Waals surface area (Å²) in [5, 5.41) is 2.81. The summed E-state index contributed by atoms with van der Waals surface area (Å²) in [7, 11) is 0. The summed E-state index contributed by atoms with van der Waals surface area (Å²) >= 11 is 0. The molecule has 1 N–H and O–H groups in total. The van der Waals surface area contributed by atoms with Crippen molar-refractivity contribution in [2.45, 2.75) is 25.4 Å². The van der Waals surface area contributed by atoms with Gasteiger partial charge in [-0.25, -0.2) is 4.39 Å². The van der Waals surface area contributed by atoms with Crippen molar-refractivity contribution in [1.82, 2.24) is 10.2 Å². The van der Waals surface area contributed by atoms with Gasteiger partial charge in [-0.15, -0.1) is 0 Å². The number of benzene rings is 1. The Morgan fingerprint density at radius 1 is 1.17 bits per heavy atom. The smallest absolute Gasteiger partial charge is 0.356 e. The minimum absolute atomic E-state index is 0.158. The highest BCUT2D eigenvalue weighted by molar-refractivity contribution is 5.78. The van der Waals surface area contributed by atoms with Gasteiger partial charge in [-0.1, -0.05) is 12.1 Å². The molecule has 23 heavy (non-hydrogen) atoms. The first-order chi connectivity index (χ1) is 10.8. The zero-order valence-electron chi connectivity index (χ0n) is 12.7. The van der Waals surface area contributed by atoms with Crippen molar-refractivity contribution in [2.24, 2.45) is 5.92 Å². The fourth-order valence-corrected chi connectivity index (χ4v) is 2.71. The number of hydrogen-bond acceptors (Lipinski definition) is 2. The van der Waals surface area contributed by atoms with Gasteiger partial charge in [0.25, 0.3) is 0 Å². The molecule has 1 aromatic carbocycles. The van der Waals surface area contributed by atoms with Gasteiger partial charge in [0.15, 0.2) is 0 Å². The minimum Gasteiger partial charge on any atom is -0.356 e. The standard InChI is InChI=1S/C16H20F4N2O/c17-14-3-1-12(2-4-14)9-15(23)21-10-13-5-7-22(8-6-13)11-16(18,19)20/h1-4,13H,5-11H2,(H,21,23). The van der Waals surface area contributed by atoms with Crippen molar-refractivity contribution in [2.75, 3.05) is 26.2 Å². The first kappa shape index (κ1) is 17.7. The summed E-state index contributed by atoms with van der Waals surface area (Å²) < 4.78 is 49.7. The molecule has 0 spiro atoms. The molecule has 1 aliphatic rings. The summed E-state index contributed by atoms with van der Waals surface area (Å²) in [6, 6.07) is 5.73. The Labute approximate surface area is 132 Å². The average molecular weight is 332 g/mol. The van der Waals surface area contributed by atoms with Crippen LogP contribution in [0.5, 0.6) is 0 Å². The van der Waals surface area contributed by atoms with Crippen LogP contribution in [0.3, 0.4) is 0 Å². The fraction of sp³-hybridized carbons (Fsp3) is 0.562. The van der Waals surface area contributed by atoms with Crippen LogP contribution < -0.4 is 5.32 Å². The van der Waals surface area contributed by atoms with Gasteiger partial charge in [0, 0.05) is 6.54 Å². The lowest BCUT2D eigenvalue weighted by Crippen LogP contribution is -2.42. The van der Waals surface area contributed by atoms with Gasteiger partial charge in [0.2, 0.25) is 5.91 Å². The van der Waals surface area contributed by atoms with E-state index < -0.39 is 12.7 Å². The predicted octanol–water partition coefficient (Wildman–Crippen LogP) is 2.76. The quantitative estimate of drug-likeness (QED) is 0.841. The maximum Gasteiger partial charge on any atom is 0.401 e. The van der Waals surface area contributed by atoms with Crippen molar-refractivity contribution in [3.8, 4) is 0 Å². The molecule has 3 nitrogen and oxygen atoms in total. The molecule has 1 heterocycles. The Morgan fingerprint density at radius 3 is 2.35 bits per heavy atom. The number of alkyl halides is 3. The van der Waals surface area contributed by atoms with Gasteiger partial charge in [-0.2, -0.15) is 13.2 Å². The predicted molar refractivity (Wildman–Crippen MR) is 78.3 cm³/mol. The van der Waals surface area contributed by atoms with E-state index in [-0.39, 0.29) is 24.1 Å². The van der Waals surface area contributed by atoms with Gasteiger partial charge in [0.1, 0.15) is 5.82 Å². The summed E-state index contributed by atoms with van der Waals surface area (Å²) in [6.45, 7) is 0.409. The number of rotatable bonds is 5. The van der Waals surface area contributed by atoms with Crippen LogP contribution in [0.1, 0.15) is 18.4 Å². The van der Waals surface area contributed by atoms with E-state index >= 15 is 0 Å². The van der Waals surface area contributed by atoms with Gasteiger partial charge >= 0.3 is 6.18 Å². The van der Waals surface area contributed by atoms with E-state index in [9.17, 15) is 22.4 Å². The molecular weight excluding hydrogens is 312 g/mol. The van der Waals surface area contributed by atoms with Crippen LogP contribution in [-0.4, -0.2) is 43.2 Å². The Morgan fingerprint density at radius 2 is 1.78 bits per heavy atom. The number of carbonyl (C=O) groups is 1. The van der Waals surface area contributed by atoms with Gasteiger partial charge in [0.05, 0.1) is 13.0 Å². The Kier molecular flexibility index (Phi) is 5.98. The monoisotopic (exact) mass is 332 g/mol. The highest BCUT2D eigenvalue weighted by Crippen LogP contribution is 2.22. The zero-order valence-corrected chi connectivity index (χ0v) is 12.7. The molecule has 7 heteroatoms. The number of hydrogen-bond donors (Lipinski definition) is 1. The van der Waals surface area contributed by atoms with Crippen LogP contribution in [0.15, 0.2) is 24.3 Å². The average Bonchev–Trinajstić information content (AvgIpc) is 2.47. The number of nitrogens with one attached hydrogen (secondary N) is 1. The first-order valence-corrected chi connectivity index (χ1v) is 7.62. The second-order valence-electron chi connectivity index (χ2n) is 5.94. The van der Waals surface area contributed by atoms with E-state index in [0.717, 1.165) is 5.56 Å². The molecule has 0 atom stereocenters. The number of piperidine rings is 1. The lowest BCUT2D eigenvalue weighted by atomic mass is 9.96. The third kappa shape index (κ3) is 6.56. The second kappa shape index (κ2) is 7.77. The normalized spacial score (nSPS) is 17.2. The molecule has 1 aliphatic heterocycles. The molecular formula is C16H20F4N2O. The third-order valence-corrected chi connectivity index (χ3v) is 3.98. The Hall–Kier alpha value is -1.63. The van der Waals surface area contributed by atoms with Crippen molar-refractivity contribution >= 4 is 5.91 Å². The lowest BCUT2D eigenvalue weighted by molar-refractivity contribution is -0.148. The molecule has 0 radical (unpaired) electrons.